The summed E-state index contributed by atoms with van der Waals surface area (Å²) in [5, 5.41) is 12.4. The lowest BCUT2D eigenvalue weighted by molar-refractivity contribution is -0.129. The fourth-order valence-electron chi connectivity index (χ4n) is 4.19. The fourth-order valence-corrected chi connectivity index (χ4v) is 5.30. The number of hydrogen-bond acceptors (Lipinski definition) is 6. The second-order valence-electron chi connectivity index (χ2n) is 8.10. The summed E-state index contributed by atoms with van der Waals surface area (Å²) in [6.07, 6.45) is 1.09. The second-order valence-corrected chi connectivity index (χ2v) is 9.10. The minimum absolute atomic E-state index is 0.209. The van der Waals surface area contributed by atoms with E-state index in [-0.39, 0.29) is 37.9 Å². The molecule has 1 aromatic heterocycles. The quantitative estimate of drug-likeness (QED) is 0.756. The van der Waals surface area contributed by atoms with Gasteiger partial charge in [-0.25, -0.2) is 8.78 Å². The molecule has 1 unspecified atom stereocenters. The first kappa shape index (κ1) is 22.3. The minimum Gasteiger partial charge on any atom is -0.368 e. The molecule has 1 aromatic carbocycles. The Kier molecular flexibility index (Phi) is 6.20. The van der Waals surface area contributed by atoms with Crippen LogP contribution < -0.4 is 10.2 Å². The maximum atomic E-state index is 13.7. The van der Waals surface area contributed by atoms with Gasteiger partial charge in [-0.05, 0) is 31.2 Å². The molecule has 32 heavy (non-hydrogen) atoms. The number of amides is 2. The van der Waals surface area contributed by atoms with Crippen molar-refractivity contribution in [3.63, 3.8) is 0 Å². The number of nitrogens with zero attached hydrogens (tertiary/aromatic N) is 4. The third kappa shape index (κ3) is 4.48. The highest BCUT2D eigenvalue weighted by Gasteiger charge is 2.38. The zero-order chi connectivity index (χ0) is 22.9. The van der Waals surface area contributed by atoms with Crippen LogP contribution in [-0.2, 0) is 4.79 Å². The molecule has 2 amide bonds. The number of thioether (sulfide) groups is 1. The molecule has 10 heteroatoms. The van der Waals surface area contributed by atoms with Crippen LogP contribution in [0.1, 0.15) is 30.1 Å². The van der Waals surface area contributed by atoms with Crippen LogP contribution in [0.5, 0.6) is 0 Å². The smallest absolute Gasteiger partial charge is 0.252 e. The number of benzene rings is 1. The zero-order valence-corrected chi connectivity index (χ0v) is 18.4. The van der Waals surface area contributed by atoms with E-state index in [1.807, 2.05) is 11.0 Å². The molecule has 7 nitrogen and oxygen atoms in total. The molecule has 0 bridgehead atoms. The van der Waals surface area contributed by atoms with Crippen LogP contribution in [0.2, 0.25) is 0 Å². The number of aromatic nitrogens is 1. The number of carbonyl (C=O) groups excluding carboxylic acids is 2. The van der Waals surface area contributed by atoms with E-state index < -0.39 is 17.9 Å². The van der Waals surface area contributed by atoms with Crippen molar-refractivity contribution in [2.24, 2.45) is 0 Å². The number of hydrogen-bond donors (Lipinski definition) is 1. The lowest BCUT2D eigenvalue weighted by Gasteiger charge is -2.39. The van der Waals surface area contributed by atoms with E-state index in [2.05, 4.69) is 16.4 Å². The number of alkyl halides is 2. The highest BCUT2D eigenvalue weighted by molar-refractivity contribution is 7.99. The Morgan fingerprint density at radius 1 is 1.38 bits per heavy atom. The SMILES string of the molecule is CC1CC(F)(F)CCN1c1ccc2nccc(C(=O)NCC(=O)N3CSC[C@H]3C#N)c2c1. The van der Waals surface area contributed by atoms with Crippen molar-refractivity contribution < 1.29 is 18.4 Å². The van der Waals surface area contributed by atoms with Gasteiger partial charge in [0.25, 0.3) is 11.8 Å². The van der Waals surface area contributed by atoms with Crippen LogP contribution in [0.3, 0.4) is 0 Å². The summed E-state index contributed by atoms with van der Waals surface area (Å²) >= 11 is 1.50. The van der Waals surface area contributed by atoms with Crippen molar-refractivity contribution in [1.82, 2.24) is 15.2 Å². The van der Waals surface area contributed by atoms with Crippen molar-refractivity contribution in [2.45, 2.75) is 37.8 Å². The Bertz CT molecular complexity index is 1090. The van der Waals surface area contributed by atoms with E-state index in [4.69, 9.17) is 5.26 Å². The standard InChI is InChI=1S/C22H23F2N5O2S/c1-14-9-22(23,24)5-7-28(14)15-2-3-19-18(8-15)17(4-6-26-19)21(31)27-11-20(30)29-13-32-12-16(29)10-25/h2-4,6,8,14,16H,5,7,9,11-13H2,1H3,(H,27,31)/t14?,16-/m1/s1. The van der Waals surface area contributed by atoms with E-state index in [9.17, 15) is 18.4 Å². The van der Waals surface area contributed by atoms with Crippen LogP contribution in [0, 0.1) is 11.3 Å². The summed E-state index contributed by atoms with van der Waals surface area (Å²) < 4.78 is 27.5. The molecule has 3 heterocycles. The predicted octanol–water partition coefficient (Wildman–Crippen LogP) is 3.01. The van der Waals surface area contributed by atoms with Crippen LogP contribution in [0.25, 0.3) is 10.9 Å². The van der Waals surface area contributed by atoms with Gasteiger partial charge in [-0.1, -0.05) is 0 Å². The summed E-state index contributed by atoms with van der Waals surface area (Å²) in [5.41, 5.74) is 1.71. The molecule has 2 aliphatic rings. The topological polar surface area (TPSA) is 89.3 Å². The van der Waals surface area contributed by atoms with Crippen molar-refractivity contribution in [3.05, 3.63) is 36.0 Å². The minimum atomic E-state index is -2.66. The van der Waals surface area contributed by atoms with Gasteiger partial charge in [0.1, 0.15) is 6.04 Å². The van der Waals surface area contributed by atoms with Gasteiger partial charge in [0, 0.05) is 48.5 Å². The fraction of sp³-hybridized carbons (Fsp3) is 0.455. The molecule has 2 atom stereocenters. The summed E-state index contributed by atoms with van der Waals surface area (Å²) in [5.74, 6) is -2.40. The number of nitrogens with one attached hydrogen (secondary N) is 1. The first-order valence-corrected chi connectivity index (χ1v) is 11.5. The van der Waals surface area contributed by atoms with E-state index in [0.29, 0.717) is 28.1 Å². The lowest BCUT2D eigenvalue weighted by atomic mass is 9.98. The molecule has 0 saturated carbocycles. The predicted molar refractivity (Wildman–Crippen MR) is 119 cm³/mol. The van der Waals surface area contributed by atoms with Crippen molar-refractivity contribution in [3.8, 4) is 6.07 Å². The first-order valence-electron chi connectivity index (χ1n) is 10.4. The Labute approximate surface area is 188 Å². The van der Waals surface area contributed by atoms with Crippen LogP contribution in [-0.4, -0.2) is 64.4 Å². The summed E-state index contributed by atoms with van der Waals surface area (Å²) in [7, 11) is 0. The summed E-state index contributed by atoms with van der Waals surface area (Å²) in [6, 6.07) is 8.24. The molecule has 1 N–H and O–H groups in total. The number of piperidine rings is 1. The lowest BCUT2D eigenvalue weighted by Crippen LogP contribution is -2.45. The molecule has 2 fully saturated rings. The molecule has 168 valence electrons. The zero-order valence-electron chi connectivity index (χ0n) is 17.6. The van der Waals surface area contributed by atoms with Crippen molar-refractivity contribution in [2.75, 3.05) is 29.6 Å². The maximum absolute atomic E-state index is 13.7. The van der Waals surface area contributed by atoms with Crippen molar-refractivity contribution >= 4 is 40.2 Å². The molecule has 0 aliphatic carbocycles. The third-order valence-electron chi connectivity index (χ3n) is 5.90. The second kappa shape index (κ2) is 8.90. The van der Waals surface area contributed by atoms with Crippen LogP contribution >= 0.6 is 11.8 Å². The molecule has 4 rings (SSSR count). The Morgan fingerprint density at radius 2 is 2.19 bits per heavy atom. The van der Waals surface area contributed by atoms with E-state index >= 15 is 0 Å². The van der Waals surface area contributed by atoms with E-state index in [1.54, 1.807) is 25.1 Å². The largest absolute Gasteiger partial charge is 0.368 e. The average molecular weight is 460 g/mol. The van der Waals surface area contributed by atoms with Gasteiger partial charge in [-0.15, -0.1) is 11.8 Å². The molecule has 0 radical (unpaired) electrons. The van der Waals surface area contributed by atoms with Gasteiger partial charge in [0.15, 0.2) is 0 Å². The summed E-state index contributed by atoms with van der Waals surface area (Å²) in [4.78, 5) is 33.0. The van der Waals surface area contributed by atoms with Gasteiger partial charge >= 0.3 is 0 Å². The number of fused-ring (bicyclic) bond motifs is 1. The number of rotatable bonds is 4. The molecule has 2 aliphatic heterocycles. The number of pyridine rings is 1. The molecular weight excluding hydrogens is 436 g/mol. The number of carbonyl (C=O) groups is 2. The Hall–Kier alpha value is -2.93. The van der Waals surface area contributed by atoms with Gasteiger partial charge in [0.05, 0.1) is 29.6 Å². The normalized spacial score (nSPS) is 22.6. The highest BCUT2D eigenvalue weighted by atomic mass is 32.2. The highest BCUT2D eigenvalue weighted by Crippen LogP contribution is 2.35. The number of anilines is 1. The number of halogens is 2. The Balaban J connectivity index is 1.52. The van der Waals surface area contributed by atoms with Crippen LogP contribution in [0.4, 0.5) is 14.5 Å². The number of nitriles is 1. The van der Waals surface area contributed by atoms with E-state index in [1.165, 1.54) is 22.9 Å². The third-order valence-corrected chi connectivity index (χ3v) is 6.91. The van der Waals surface area contributed by atoms with Gasteiger partial charge in [-0.2, -0.15) is 5.26 Å². The van der Waals surface area contributed by atoms with Gasteiger partial charge in [-0.3, -0.25) is 14.6 Å². The van der Waals surface area contributed by atoms with Gasteiger partial charge in [0.2, 0.25) is 5.91 Å². The van der Waals surface area contributed by atoms with Gasteiger partial charge < -0.3 is 15.1 Å². The molecule has 2 aromatic rings. The summed E-state index contributed by atoms with van der Waals surface area (Å²) in [6.45, 7) is 1.79. The molecule has 0 spiro atoms. The van der Waals surface area contributed by atoms with Crippen molar-refractivity contribution in [1.29, 1.82) is 5.26 Å². The molecule has 2 saturated heterocycles. The maximum Gasteiger partial charge on any atom is 0.252 e. The molecular formula is C22H23F2N5O2S. The monoisotopic (exact) mass is 459 g/mol. The first-order chi connectivity index (χ1) is 15.3. The van der Waals surface area contributed by atoms with Crippen LogP contribution in [0.15, 0.2) is 30.5 Å². The van der Waals surface area contributed by atoms with E-state index in [0.717, 1.165) is 5.69 Å². The average Bonchev–Trinajstić information content (AvgIpc) is 3.25. The Morgan fingerprint density at radius 3 is 2.94 bits per heavy atom.